The normalized spacial score (nSPS) is 13.9. The Morgan fingerprint density at radius 2 is 1.65 bits per heavy atom. The molecule has 3 aromatic rings. The summed E-state index contributed by atoms with van der Waals surface area (Å²) < 4.78 is 11.2. The number of fused-ring (bicyclic) bond motifs is 1. The average Bonchev–Trinajstić information content (AvgIpc) is 3.04. The summed E-state index contributed by atoms with van der Waals surface area (Å²) in [5.74, 6) is 0.682. The van der Waals surface area contributed by atoms with Crippen LogP contribution in [0.25, 0.3) is 17.2 Å². The number of hydrogen-bond donors (Lipinski definition) is 1. The van der Waals surface area contributed by atoms with Crippen molar-refractivity contribution in [1.29, 1.82) is 0 Å². The molecule has 4 nitrogen and oxygen atoms in total. The largest absolute Gasteiger partial charge is 0.497 e. The van der Waals surface area contributed by atoms with Crippen LogP contribution in [0.3, 0.4) is 0 Å². The lowest BCUT2D eigenvalue weighted by Crippen LogP contribution is -1.97. The highest BCUT2D eigenvalue weighted by molar-refractivity contribution is 6.07. The molecule has 0 atom stereocenters. The Morgan fingerprint density at radius 3 is 2.32 bits per heavy atom. The zero-order valence-corrected chi connectivity index (χ0v) is 17.6. The van der Waals surface area contributed by atoms with Crippen LogP contribution in [0.4, 0.5) is 0 Å². The van der Waals surface area contributed by atoms with Gasteiger partial charge in [-0.1, -0.05) is 48.5 Å². The molecule has 0 saturated heterocycles. The molecule has 0 unspecified atom stereocenters. The molecule has 4 rings (SSSR count). The van der Waals surface area contributed by atoms with Crippen molar-refractivity contribution in [2.75, 3.05) is 7.11 Å². The quantitative estimate of drug-likeness (QED) is 0.511. The second-order valence-corrected chi connectivity index (χ2v) is 7.49. The molecule has 0 bridgehead atoms. The van der Waals surface area contributed by atoms with Crippen molar-refractivity contribution in [2.45, 2.75) is 20.0 Å². The highest BCUT2D eigenvalue weighted by Gasteiger charge is 2.25. The van der Waals surface area contributed by atoms with Gasteiger partial charge in [-0.3, -0.25) is 4.79 Å². The smallest absolute Gasteiger partial charge is 0.307 e. The van der Waals surface area contributed by atoms with Gasteiger partial charge < -0.3 is 14.6 Å². The van der Waals surface area contributed by atoms with Crippen LogP contribution in [-0.4, -0.2) is 18.2 Å². The maximum atomic E-state index is 11.4. The number of carboxylic acid groups (broad SMARTS) is 1. The third-order valence-electron chi connectivity index (χ3n) is 5.47. The highest BCUT2D eigenvalue weighted by Crippen LogP contribution is 2.44. The van der Waals surface area contributed by atoms with E-state index in [1.807, 2.05) is 79.7 Å². The van der Waals surface area contributed by atoms with Crippen molar-refractivity contribution in [1.82, 2.24) is 0 Å². The Balaban J connectivity index is 1.60. The lowest BCUT2D eigenvalue weighted by molar-refractivity contribution is -0.135. The van der Waals surface area contributed by atoms with E-state index in [0.29, 0.717) is 6.61 Å². The van der Waals surface area contributed by atoms with Gasteiger partial charge in [0.2, 0.25) is 0 Å². The van der Waals surface area contributed by atoms with E-state index >= 15 is 0 Å². The number of carboxylic acids is 1. The molecule has 1 N–H and O–H groups in total. The summed E-state index contributed by atoms with van der Waals surface area (Å²) in [5.41, 5.74) is 6.95. The van der Waals surface area contributed by atoms with Crippen LogP contribution >= 0.6 is 0 Å². The molecule has 0 spiro atoms. The van der Waals surface area contributed by atoms with Gasteiger partial charge >= 0.3 is 5.97 Å². The maximum Gasteiger partial charge on any atom is 0.307 e. The van der Waals surface area contributed by atoms with Gasteiger partial charge in [-0.05, 0) is 76.2 Å². The molecular weight excluding hydrogens is 388 g/mol. The van der Waals surface area contributed by atoms with Crippen LogP contribution in [0.15, 0.2) is 78.4 Å². The van der Waals surface area contributed by atoms with Gasteiger partial charge in [0.15, 0.2) is 0 Å². The van der Waals surface area contributed by atoms with E-state index in [9.17, 15) is 9.90 Å². The van der Waals surface area contributed by atoms with Crippen molar-refractivity contribution >= 4 is 23.2 Å². The highest BCUT2D eigenvalue weighted by atomic mass is 16.5. The number of aliphatic carboxylic acids is 1. The summed E-state index contributed by atoms with van der Waals surface area (Å²) >= 11 is 0. The standard InChI is InChI=1S/C27H24O4/c1-18-24(23-13-12-22(30-2)15-26(23)25(18)16-27(28)29)14-19-8-10-21(11-9-19)31-17-20-6-4-3-5-7-20/h3-15H,16-17H2,1-2H3,(H,28,29)/b24-14-. The third-order valence-corrected chi connectivity index (χ3v) is 5.47. The van der Waals surface area contributed by atoms with E-state index in [-0.39, 0.29) is 6.42 Å². The van der Waals surface area contributed by atoms with Gasteiger partial charge in [0.1, 0.15) is 18.1 Å². The molecule has 0 radical (unpaired) electrons. The number of hydrogen-bond acceptors (Lipinski definition) is 3. The van der Waals surface area contributed by atoms with Crippen LogP contribution in [0.5, 0.6) is 11.5 Å². The van der Waals surface area contributed by atoms with E-state index in [2.05, 4.69) is 6.08 Å². The first-order valence-corrected chi connectivity index (χ1v) is 10.1. The Bertz CT molecular complexity index is 1160. The summed E-state index contributed by atoms with van der Waals surface area (Å²) in [5, 5.41) is 9.38. The lowest BCUT2D eigenvalue weighted by atomic mass is 10.0. The Morgan fingerprint density at radius 1 is 0.935 bits per heavy atom. The van der Waals surface area contributed by atoms with Gasteiger partial charge in [0, 0.05) is 0 Å². The van der Waals surface area contributed by atoms with E-state index in [4.69, 9.17) is 9.47 Å². The molecule has 0 fully saturated rings. The second kappa shape index (κ2) is 8.92. The van der Waals surface area contributed by atoms with Gasteiger partial charge in [-0.2, -0.15) is 0 Å². The van der Waals surface area contributed by atoms with Crippen molar-refractivity contribution in [3.8, 4) is 11.5 Å². The Labute approximate surface area is 182 Å². The number of ether oxygens (including phenoxy) is 2. The average molecular weight is 412 g/mol. The predicted molar refractivity (Wildman–Crippen MR) is 123 cm³/mol. The molecular formula is C27H24O4. The van der Waals surface area contributed by atoms with Crippen LogP contribution in [0, 0.1) is 0 Å². The summed E-state index contributed by atoms with van der Waals surface area (Å²) in [4.78, 5) is 11.4. The minimum atomic E-state index is -0.843. The molecule has 1 aliphatic rings. The summed E-state index contributed by atoms with van der Waals surface area (Å²) in [6.45, 7) is 2.50. The van der Waals surface area contributed by atoms with E-state index in [1.54, 1.807) is 7.11 Å². The van der Waals surface area contributed by atoms with Gasteiger partial charge in [0.25, 0.3) is 0 Å². The predicted octanol–water partition coefficient (Wildman–Crippen LogP) is 6.08. The monoisotopic (exact) mass is 412 g/mol. The first-order valence-electron chi connectivity index (χ1n) is 10.1. The first-order chi connectivity index (χ1) is 15.0. The van der Waals surface area contributed by atoms with Crippen LogP contribution < -0.4 is 9.47 Å². The Kier molecular flexibility index (Phi) is 5.89. The number of allylic oxidation sites excluding steroid dienone is 2. The summed E-state index contributed by atoms with van der Waals surface area (Å²) in [6, 6.07) is 23.8. The van der Waals surface area contributed by atoms with Crippen LogP contribution in [0.1, 0.15) is 35.6 Å². The SMILES string of the molecule is COc1ccc2c(c1)C(CC(=O)O)=C(C)/C2=C/c1ccc(OCc2ccccc2)cc1. The molecule has 0 aliphatic heterocycles. The van der Waals surface area contributed by atoms with Crippen molar-refractivity contribution < 1.29 is 19.4 Å². The molecule has 3 aromatic carbocycles. The molecule has 0 saturated carbocycles. The third kappa shape index (κ3) is 4.53. The van der Waals surface area contributed by atoms with Gasteiger partial charge in [-0.25, -0.2) is 0 Å². The number of carbonyl (C=O) groups is 1. The van der Waals surface area contributed by atoms with E-state index in [1.165, 1.54) is 0 Å². The zero-order chi connectivity index (χ0) is 21.8. The van der Waals surface area contributed by atoms with Crippen LogP contribution in [0.2, 0.25) is 0 Å². The molecule has 0 aromatic heterocycles. The van der Waals surface area contributed by atoms with Crippen LogP contribution in [-0.2, 0) is 11.4 Å². The number of benzene rings is 3. The molecule has 156 valence electrons. The topological polar surface area (TPSA) is 55.8 Å². The number of rotatable bonds is 7. The minimum Gasteiger partial charge on any atom is -0.497 e. The fraction of sp³-hybridized carbons (Fsp3) is 0.148. The molecule has 0 amide bonds. The molecule has 0 heterocycles. The molecule has 31 heavy (non-hydrogen) atoms. The molecule has 1 aliphatic carbocycles. The lowest BCUT2D eigenvalue weighted by Gasteiger charge is -2.08. The fourth-order valence-corrected chi connectivity index (χ4v) is 3.83. The van der Waals surface area contributed by atoms with Gasteiger partial charge in [0.05, 0.1) is 13.5 Å². The first kappa shape index (κ1) is 20.5. The molecule has 4 heteroatoms. The fourth-order valence-electron chi connectivity index (χ4n) is 3.83. The van der Waals surface area contributed by atoms with Crippen molar-refractivity contribution in [3.63, 3.8) is 0 Å². The Hall–Kier alpha value is -3.79. The number of methoxy groups -OCH3 is 1. The van der Waals surface area contributed by atoms with Crippen molar-refractivity contribution in [2.24, 2.45) is 0 Å². The maximum absolute atomic E-state index is 11.4. The van der Waals surface area contributed by atoms with E-state index < -0.39 is 5.97 Å². The summed E-state index contributed by atoms with van der Waals surface area (Å²) in [6.07, 6.45) is 2.08. The van der Waals surface area contributed by atoms with E-state index in [0.717, 1.165) is 50.5 Å². The van der Waals surface area contributed by atoms with Crippen molar-refractivity contribution in [3.05, 3.63) is 101 Å². The second-order valence-electron chi connectivity index (χ2n) is 7.49. The van der Waals surface area contributed by atoms with Gasteiger partial charge in [-0.15, -0.1) is 0 Å². The summed E-state index contributed by atoms with van der Waals surface area (Å²) in [7, 11) is 1.61. The zero-order valence-electron chi connectivity index (χ0n) is 17.6. The minimum absolute atomic E-state index is 0.0182.